The first-order chi connectivity index (χ1) is 10.4. The van der Waals surface area contributed by atoms with E-state index in [-0.39, 0.29) is 5.91 Å². The molecular weight excluding hydrogens is 306 g/mol. The highest BCUT2D eigenvalue weighted by Crippen LogP contribution is 2.23. The van der Waals surface area contributed by atoms with Crippen LogP contribution in [-0.2, 0) is 0 Å². The molecule has 1 saturated heterocycles. The van der Waals surface area contributed by atoms with Gasteiger partial charge in [-0.25, -0.2) is 9.97 Å². The van der Waals surface area contributed by atoms with Gasteiger partial charge in [-0.3, -0.25) is 9.20 Å². The Hall–Kier alpha value is -1.70. The van der Waals surface area contributed by atoms with Gasteiger partial charge in [-0.05, 0) is 20.5 Å². The Labute approximate surface area is 133 Å². The molecule has 2 aromatic heterocycles. The average molecular weight is 324 g/mol. The number of hydrogen-bond acceptors (Lipinski definition) is 5. The molecule has 1 aliphatic rings. The quantitative estimate of drug-likeness (QED) is 0.891. The molecule has 1 N–H and O–H groups in total. The van der Waals surface area contributed by atoms with E-state index in [0.29, 0.717) is 42.5 Å². The highest BCUT2D eigenvalue weighted by molar-refractivity contribution is 6.30. The number of hydrogen-bond donors (Lipinski definition) is 1. The number of carbonyl (C=O) groups excluding carboxylic acids is 1. The molecule has 0 aliphatic carbocycles. The number of amides is 1. The van der Waals surface area contributed by atoms with E-state index in [1.807, 2.05) is 19.0 Å². The first kappa shape index (κ1) is 15.2. The van der Waals surface area contributed by atoms with E-state index < -0.39 is 5.60 Å². The summed E-state index contributed by atoms with van der Waals surface area (Å²) in [6, 6.07) is 0. The predicted octanol–water partition coefficient (Wildman–Crippen LogP) is 0.521. The molecule has 1 fully saturated rings. The van der Waals surface area contributed by atoms with E-state index in [1.54, 1.807) is 21.7 Å². The van der Waals surface area contributed by atoms with Crippen LogP contribution in [0.3, 0.4) is 0 Å². The zero-order valence-electron chi connectivity index (χ0n) is 12.5. The Morgan fingerprint density at radius 2 is 2.27 bits per heavy atom. The van der Waals surface area contributed by atoms with Crippen LogP contribution in [0.15, 0.2) is 18.6 Å². The minimum Gasteiger partial charge on any atom is -0.387 e. The summed E-state index contributed by atoms with van der Waals surface area (Å²) >= 11 is 5.88. The molecule has 0 saturated carbocycles. The van der Waals surface area contributed by atoms with Crippen LogP contribution in [0.5, 0.6) is 0 Å². The minimum atomic E-state index is -0.861. The van der Waals surface area contributed by atoms with Gasteiger partial charge in [0.1, 0.15) is 5.69 Å². The third-order valence-corrected chi connectivity index (χ3v) is 3.92. The molecule has 0 aromatic carbocycles. The summed E-state index contributed by atoms with van der Waals surface area (Å²) in [5.74, 6) is 0.229. The van der Waals surface area contributed by atoms with Gasteiger partial charge < -0.3 is 14.9 Å². The second-order valence-corrected chi connectivity index (χ2v) is 6.48. The van der Waals surface area contributed by atoms with Gasteiger partial charge in [0.25, 0.3) is 5.91 Å². The van der Waals surface area contributed by atoms with Crippen molar-refractivity contribution in [1.82, 2.24) is 24.2 Å². The maximum atomic E-state index is 12.5. The van der Waals surface area contributed by atoms with Gasteiger partial charge in [0.2, 0.25) is 5.78 Å². The van der Waals surface area contributed by atoms with Crippen molar-refractivity contribution in [2.45, 2.75) is 12.0 Å². The van der Waals surface area contributed by atoms with Crippen LogP contribution >= 0.6 is 11.6 Å². The number of rotatable bonds is 3. The number of halogens is 1. The molecule has 1 amide bonds. The first-order valence-electron chi connectivity index (χ1n) is 7.03. The predicted molar refractivity (Wildman–Crippen MR) is 82.0 cm³/mol. The van der Waals surface area contributed by atoms with Gasteiger partial charge in [-0.2, -0.15) is 0 Å². The Morgan fingerprint density at radius 3 is 3.00 bits per heavy atom. The summed E-state index contributed by atoms with van der Waals surface area (Å²) < 4.78 is 1.62. The fourth-order valence-electron chi connectivity index (χ4n) is 2.87. The van der Waals surface area contributed by atoms with Crippen LogP contribution in [-0.4, -0.2) is 74.5 Å². The molecule has 0 radical (unpaired) electrons. The lowest BCUT2D eigenvalue weighted by molar-refractivity contribution is 0.0235. The molecule has 0 unspecified atom stereocenters. The van der Waals surface area contributed by atoms with Crippen molar-refractivity contribution in [2.24, 2.45) is 0 Å². The van der Waals surface area contributed by atoms with Crippen LogP contribution in [0, 0.1) is 0 Å². The summed E-state index contributed by atoms with van der Waals surface area (Å²) in [5.41, 5.74) is -0.552. The van der Waals surface area contributed by atoms with E-state index in [9.17, 15) is 9.90 Å². The third kappa shape index (κ3) is 2.92. The molecule has 118 valence electrons. The number of likely N-dealkylation sites (tertiary alicyclic amines) is 1. The monoisotopic (exact) mass is 323 g/mol. The maximum Gasteiger partial charge on any atom is 0.274 e. The normalized spacial score (nSPS) is 22.0. The summed E-state index contributed by atoms with van der Waals surface area (Å²) in [7, 11) is 3.81. The molecule has 0 bridgehead atoms. The molecular formula is C14H18ClN5O2. The Bertz CT molecular complexity index is 716. The van der Waals surface area contributed by atoms with Crippen molar-refractivity contribution in [3.63, 3.8) is 0 Å². The lowest BCUT2D eigenvalue weighted by Crippen LogP contribution is -2.43. The number of β-amino-alcohol motifs (C(OH)–C–C–N with tert-alkyl or cyclic N) is 1. The highest BCUT2D eigenvalue weighted by Gasteiger charge is 2.39. The number of aromatic nitrogens is 3. The third-order valence-electron chi connectivity index (χ3n) is 3.73. The largest absolute Gasteiger partial charge is 0.387 e. The zero-order valence-corrected chi connectivity index (χ0v) is 13.3. The van der Waals surface area contributed by atoms with Gasteiger partial charge in [-0.1, -0.05) is 11.6 Å². The first-order valence-corrected chi connectivity index (χ1v) is 7.41. The van der Waals surface area contributed by atoms with Gasteiger partial charge in [0.05, 0.1) is 23.4 Å². The van der Waals surface area contributed by atoms with Crippen LogP contribution < -0.4 is 0 Å². The summed E-state index contributed by atoms with van der Waals surface area (Å²) in [4.78, 5) is 24.4. The van der Waals surface area contributed by atoms with Crippen molar-refractivity contribution in [1.29, 1.82) is 0 Å². The second-order valence-electron chi connectivity index (χ2n) is 6.04. The van der Waals surface area contributed by atoms with Crippen molar-refractivity contribution < 1.29 is 9.90 Å². The van der Waals surface area contributed by atoms with Crippen LogP contribution in [0.1, 0.15) is 16.9 Å². The molecule has 3 heterocycles. The fraction of sp³-hybridized carbons (Fsp3) is 0.500. The Morgan fingerprint density at radius 1 is 1.50 bits per heavy atom. The molecule has 1 atom stereocenters. The Balaban J connectivity index is 1.79. The van der Waals surface area contributed by atoms with Crippen LogP contribution in [0.25, 0.3) is 5.78 Å². The summed E-state index contributed by atoms with van der Waals surface area (Å²) in [6.07, 6.45) is 5.32. The number of carbonyl (C=O) groups is 1. The molecule has 1 aliphatic heterocycles. The van der Waals surface area contributed by atoms with Gasteiger partial charge >= 0.3 is 0 Å². The van der Waals surface area contributed by atoms with Crippen LogP contribution in [0.2, 0.25) is 5.02 Å². The number of imidazole rings is 1. The van der Waals surface area contributed by atoms with Crippen LogP contribution in [0.4, 0.5) is 0 Å². The minimum absolute atomic E-state index is 0.198. The van der Waals surface area contributed by atoms with Crippen molar-refractivity contribution in [3.05, 3.63) is 29.3 Å². The molecule has 7 nitrogen and oxygen atoms in total. The fourth-order valence-corrected chi connectivity index (χ4v) is 3.03. The lowest BCUT2D eigenvalue weighted by Gasteiger charge is -2.26. The molecule has 0 spiro atoms. The topological polar surface area (TPSA) is 74.0 Å². The van der Waals surface area contributed by atoms with E-state index in [1.165, 1.54) is 6.20 Å². The maximum absolute atomic E-state index is 12.5. The SMILES string of the molecule is CN(C)C[C@]1(O)CCN(C(=O)c2cn3cc(Cl)cnc3n2)C1. The van der Waals surface area contributed by atoms with E-state index >= 15 is 0 Å². The standard InChI is InChI=1S/C14H18ClN5O2/c1-18(2)8-14(22)3-4-19(9-14)12(21)11-7-20-6-10(15)5-16-13(20)17-11/h5-7,22H,3-4,8-9H2,1-2H3/t14-/m1/s1. The molecule has 2 aromatic rings. The Kier molecular flexibility index (Phi) is 3.80. The van der Waals surface area contributed by atoms with E-state index in [0.717, 1.165) is 0 Å². The molecule has 8 heteroatoms. The number of nitrogens with zero attached hydrogens (tertiary/aromatic N) is 5. The van der Waals surface area contributed by atoms with E-state index in [2.05, 4.69) is 9.97 Å². The van der Waals surface area contributed by atoms with Crippen molar-refractivity contribution in [3.8, 4) is 0 Å². The van der Waals surface area contributed by atoms with E-state index in [4.69, 9.17) is 11.6 Å². The molecule has 3 rings (SSSR count). The zero-order chi connectivity index (χ0) is 15.9. The number of fused-ring (bicyclic) bond motifs is 1. The number of likely N-dealkylation sites (N-methyl/N-ethyl adjacent to an activating group) is 1. The average Bonchev–Trinajstić information content (AvgIpc) is 3.00. The smallest absolute Gasteiger partial charge is 0.274 e. The highest BCUT2D eigenvalue weighted by atomic mass is 35.5. The lowest BCUT2D eigenvalue weighted by atomic mass is 10.0. The summed E-state index contributed by atoms with van der Waals surface area (Å²) in [6.45, 7) is 1.36. The van der Waals surface area contributed by atoms with Crippen molar-refractivity contribution in [2.75, 3.05) is 33.7 Å². The summed E-state index contributed by atoms with van der Waals surface area (Å²) in [5, 5.41) is 11.0. The van der Waals surface area contributed by atoms with Gasteiger partial charge in [0.15, 0.2) is 0 Å². The molecule has 22 heavy (non-hydrogen) atoms. The van der Waals surface area contributed by atoms with Gasteiger partial charge in [0, 0.05) is 25.5 Å². The van der Waals surface area contributed by atoms with Crippen molar-refractivity contribution >= 4 is 23.3 Å². The van der Waals surface area contributed by atoms with Gasteiger partial charge in [-0.15, -0.1) is 0 Å². The second kappa shape index (κ2) is 5.49. The number of aliphatic hydroxyl groups is 1.